The number of ether oxygens (including phenoxy) is 2. The van der Waals surface area contributed by atoms with E-state index in [1.54, 1.807) is 41.5 Å². The summed E-state index contributed by atoms with van der Waals surface area (Å²) in [5.74, 6) is -2.16. The molecule has 0 radical (unpaired) electrons. The Bertz CT molecular complexity index is 418. The van der Waals surface area contributed by atoms with Crippen LogP contribution in [0.1, 0.15) is 107 Å². The van der Waals surface area contributed by atoms with E-state index in [0.717, 1.165) is 19.3 Å². The smallest absolute Gasteiger partial charge is 0.318 e. The first kappa shape index (κ1) is 25.9. The molecule has 0 aromatic carbocycles. The van der Waals surface area contributed by atoms with Gasteiger partial charge in [-0.3, -0.25) is 9.59 Å². The van der Waals surface area contributed by atoms with Gasteiger partial charge in [-0.1, -0.05) is 52.4 Å². The number of nitrogens with one attached hydrogen (secondary N) is 1. The van der Waals surface area contributed by atoms with Crippen molar-refractivity contribution >= 4 is 11.9 Å². The Balaban J connectivity index is 5.12. The van der Waals surface area contributed by atoms with E-state index in [4.69, 9.17) is 9.47 Å². The third kappa shape index (κ3) is 10.7. The summed E-state index contributed by atoms with van der Waals surface area (Å²) in [4.78, 5) is 25.1. The molecule has 0 aromatic rings. The molecule has 0 aliphatic carbocycles. The van der Waals surface area contributed by atoms with E-state index in [9.17, 15) is 9.59 Å². The van der Waals surface area contributed by atoms with Crippen LogP contribution in [0.15, 0.2) is 0 Å². The van der Waals surface area contributed by atoms with Crippen LogP contribution in [0, 0.1) is 10.8 Å². The average Bonchev–Trinajstić information content (AvgIpc) is 2.52. The highest BCUT2D eigenvalue weighted by Gasteiger charge is 2.42. The van der Waals surface area contributed by atoms with E-state index in [0.29, 0.717) is 13.0 Å². The predicted octanol–water partition coefficient (Wildman–Crippen LogP) is 5.57. The van der Waals surface area contributed by atoms with Crippen molar-refractivity contribution in [2.24, 2.45) is 10.8 Å². The van der Waals surface area contributed by atoms with Crippen molar-refractivity contribution in [3.63, 3.8) is 0 Å². The van der Waals surface area contributed by atoms with Crippen LogP contribution in [0.2, 0.25) is 0 Å². The lowest BCUT2D eigenvalue weighted by Gasteiger charge is -2.37. The zero-order valence-electron chi connectivity index (χ0n) is 19.0. The van der Waals surface area contributed by atoms with Crippen LogP contribution in [0.25, 0.3) is 0 Å². The van der Waals surface area contributed by atoms with Crippen molar-refractivity contribution in [2.45, 2.75) is 113 Å². The van der Waals surface area contributed by atoms with Gasteiger partial charge >= 0.3 is 17.8 Å². The highest BCUT2D eigenvalue weighted by molar-refractivity contribution is 5.77. The SMILES string of the molecule is CCCCCCCCCC(NCC)(OC(=O)C(C)(C)C)OC(=O)C(C)(C)C. The average molecular weight is 386 g/mol. The molecule has 0 aliphatic heterocycles. The molecule has 0 heterocycles. The van der Waals surface area contributed by atoms with Crippen LogP contribution in [0.3, 0.4) is 0 Å². The van der Waals surface area contributed by atoms with Crippen LogP contribution >= 0.6 is 0 Å². The molecule has 0 aromatic heterocycles. The number of esters is 2. The predicted molar refractivity (Wildman–Crippen MR) is 110 cm³/mol. The number of rotatable bonds is 12. The summed E-state index contributed by atoms with van der Waals surface area (Å²) in [6.07, 6.45) is 8.42. The van der Waals surface area contributed by atoms with Gasteiger partial charge in [0.15, 0.2) is 0 Å². The Morgan fingerprint density at radius 1 is 0.704 bits per heavy atom. The first-order valence-electron chi connectivity index (χ1n) is 10.6. The van der Waals surface area contributed by atoms with Crippen LogP contribution < -0.4 is 5.32 Å². The number of unbranched alkanes of at least 4 members (excludes halogenated alkanes) is 6. The second-order valence-electron chi connectivity index (χ2n) is 9.43. The van der Waals surface area contributed by atoms with Crippen molar-refractivity contribution in [3.05, 3.63) is 0 Å². The summed E-state index contributed by atoms with van der Waals surface area (Å²) < 4.78 is 11.5. The summed E-state index contributed by atoms with van der Waals surface area (Å²) in [7, 11) is 0. The Kier molecular flexibility index (Phi) is 11.2. The fourth-order valence-corrected chi connectivity index (χ4v) is 2.47. The van der Waals surface area contributed by atoms with E-state index >= 15 is 0 Å². The molecule has 0 bridgehead atoms. The lowest BCUT2D eigenvalue weighted by atomic mass is 9.96. The normalized spacial score (nSPS) is 12.7. The monoisotopic (exact) mass is 385 g/mol. The van der Waals surface area contributed by atoms with E-state index < -0.39 is 16.7 Å². The molecule has 27 heavy (non-hydrogen) atoms. The topological polar surface area (TPSA) is 64.6 Å². The summed E-state index contributed by atoms with van der Waals surface area (Å²) in [5.41, 5.74) is -1.34. The van der Waals surface area contributed by atoms with Gasteiger partial charge < -0.3 is 9.47 Å². The molecule has 160 valence electrons. The van der Waals surface area contributed by atoms with Gasteiger partial charge in [-0.25, -0.2) is 5.32 Å². The molecular weight excluding hydrogens is 342 g/mol. The molecule has 0 atom stereocenters. The highest BCUT2D eigenvalue weighted by atomic mass is 16.8. The summed E-state index contributed by atoms with van der Waals surface area (Å²) in [6, 6.07) is 0. The van der Waals surface area contributed by atoms with Gasteiger partial charge in [0.05, 0.1) is 10.8 Å². The Hall–Kier alpha value is -1.10. The van der Waals surface area contributed by atoms with Gasteiger partial charge in [-0.2, -0.15) is 0 Å². The molecule has 0 spiro atoms. The molecule has 0 fully saturated rings. The first-order valence-corrected chi connectivity index (χ1v) is 10.6. The second-order valence-corrected chi connectivity index (χ2v) is 9.43. The fourth-order valence-electron chi connectivity index (χ4n) is 2.47. The zero-order chi connectivity index (χ0) is 21.1. The minimum atomic E-state index is -1.40. The van der Waals surface area contributed by atoms with Crippen LogP contribution in [0.5, 0.6) is 0 Å². The maximum absolute atomic E-state index is 12.5. The molecule has 5 nitrogen and oxygen atoms in total. The summed E-state index contributed by atoms with van der Waals surface area (Å²) in [5, 5.41) is 3.13. The highest BCUT2D eigenvalue weighted by Crippen LogP contribution is 2.28. The Labute approximate surface area is 167 Å². The Morgan fingerprint density at radius 2 is 1.11 bits per heavy atom. The number of hydrogen-bond acceptors (Lipinski definition) is 5. The molecule has 0 unspecified atom stereocenters. The molecule has 0 saturated carbocycles. The molecule has 5 heteroatoms. The lowest BCUT2D eigenvalue weighted by Crippen LogP contribution is -2.55. The third-order valence-corrected chi connectivity index (χ3v) is 4.30. The quantitative estimate of drug-likeness (QED) is 0.270. The molecule has 0 aliphatic rings. The van der Waals surface area contributed by atoms with Gasteiger partial charge in [-0.15, -0.1) is 0 Å². The minimum Gasteiger partial charge on any atom is -0.408 e. The maximum Gasteiger partial charge on any atom is 0.318 e. The lowest BCUT2D eigenvalue weighted by molar-refractivity contribution is -0.253. The molecule has 0 rings (SSSR count). The molecular formula is C22H43NO4. The molecule has 1 N–H and O–H groups in total. The van der Waals surface area contributed by atoms with Crippen LogP contribution in [0.4, 0.5) is 0 Å². The van der Waals surface area contributed by atoms with Crippen molar-refractivity contribution in [1.29, 1.82) is 0 Å². The molecule has 0 amide bonds. The van der Waals surface area contributed by atoms with Gasteiger partial charge in [0.1, 0.15) is 0 Å². The number of hydrogen-bond donors (Lipinski definition) is 1. The Morgan fingerprint density at radius 3 is 1.48 bits per heavy atom. The third-order valence-electron chi connectivity index (χ3n) is 4.30. The van der Waals surface area contributed by atoms with Crippen molar-refractivity contribution < 1.29 is 19.1 Å². The van der Waals surface area contributed by atoms with Crippen molar-refractivity contribution in [3.8, 4) is 0 Å². The van der Waals surface area contributed by atoms with Gasteiger partial charge in [0.25, 0.3) is 0 Å². The largest absolute Gasteiger partial charge is 0.408 e. The second kappa shape index (κ2) is 11.7. The first-order chi connectivity index (χ1) is 12.4. The molecule has 0 saturated heterocycles. The van der Waals surface area contributed by atoms with Crippen molar-refractivity contribution in [1.82, 2.24) is 5.32 Å². The van der Waals surface area contributed by atoms with E-state index in [2.05, 4.69) is 12.2 Å². The summed E-state index contributed by atoms with van der Waals surface area (Å²) in [6.45, 7) is 15.4. The fraction of sp³-hybridized carbons (Fsp3) is 0.909. The minimum absolute atomic E-state index is 0.381. The van der Waals surface area contributed by atoms with Gasteiger partial charge in [0.2, 0.25) is 0 Å². The van der Waals surface area contributed by atoms with Crippen LogP contribution in [-0.2, 0) is 19.1 Å². The van der Waals surface area contributed by atoms with Crippen LogP contribution in [-0.4, -0.2) is 24.4 Å². The van der Waals surface area contributed by atoms with Gasteiger partial charge in [0, 0.05) is 6.42 Å². The van der Waals surface area contributed by atoms with Gasteiger partial charge in [-0.05, 0) is 54.5 Å². The summed E-state index contributed by atoms with van der Waals surface area (Å²) >= 11 is 0. The van der Waals surface area contributed by atoms with E-state index in [1.807, 2.05) is 6.92 Å². The van der Waals surface area contributed by atoms with Crippen molar-refractivity contribution in [2.75, 3.05) is 6.54 Å². The van der Waals surface area contributed by atoms with E-state index in [1.165, 1.54) is 25.7 Å². The zero-order valence-corrected chi connectivity index (χ0v) is 19.0. The standard InChI is InChI=1S/C22H43NO4/c1-9-11-12-13-14-15-16-17-22(23-10-2,26-18(24)20(3,4)5)27-19(25)21(6,7)8/h23H,9-17H2,1-8H3. The maximum atomic E-state index is 12.5. The number of carbonyl (C=O) groups excluding carboxylic acids is 2. The number of carbonyl (C=O) groups is 2. The van der Waals surface area contributed by atoms with E-state index in [-0.39, 0.29) is 11.9 Å².